The molecule has 18 heavy (non-hydrogen) atoms. The second-order valence-corrected chi connectivity index (χ2v) is 4.65. The first-order chi connectivity index (χ1) is 8.66. The Balaban J connectivity index is 1.98. The van der Waals surface area contributed by atoms with Gasteiger partial charge in [-0.25, -0.2) is 19.7 Å². The fraction of sp³-hybridized carbons (Fsp3) is 0.273. The average molecular weight is 264 g/mol. The molecule has 0 radical (unpaired) electrons. The standard InChI is InChI=1S/C11H12N4O2S/c1-7(9-12-4-5-18-9)6-14-11-13-3-2-8(15-11)10(16)17/h2-5,7H,6H2,1H3,(H,16,17)(H,13,14,15). The van der Waals surface area contributed by atoms with Crippen LogP contribution in [0.1, 0.15) is 28.3 Å². The zero-order chi connectivity index (χ0) is 13.0. The molecule has 0 bridgehead atoms. The minimum Gasteiger partial charge on any atom is -0.477 e. The van der Waals surface area contributed by atoms with Crippen molar-refractivity contribution in [3.63, 3.8) is 0 Å². The van der Waals surface area contributed by atoms with E-state index in [2.05, 4.69) is 20.3 Å². The summed E-state index contributed by atoms with van der Waals surface area (Å²) in [5, 5.41) is 14.8. The number of rotatable bonds is 5. The fourth-order valence-corrected chi connectivity index (χ4v) is 2.07. The van der Waals surface area contributed by atoms with Crippen molar-refractivity contribution in [3.05, 3.63) is 34.5 Å². The summed E-state index contributed by atoms with van der Waals surface area (Å²) in [6, 6.07) is 1.36. The number of carbonyl (C=O) groups is 1. The van der Waals surface area contributed by atoms with Crippen LogP contribution in [0.25, 0.3) is 0 Å². The first-order valence-electron chi connectivity index (χ1n) is 5.36. The summed E-state index contributed by atoms with van der Waals surface area (Å²) in [4.78, 5) is 22.8. The maximum absolute atomic E-state index is 10.8. The van der Waals surface area contributed by atoms with E-state index >= 15 is 0 Å². The Labute approximate surface area is 108 Å². The van der Waals surface area contributed by atoms with E-state index < -0.39 is 5.97 Å². The number of aromatic nitrogens is 3. The van der Waals surface area contributed by atoms with Gasteiger partial charge in [-0.2, -0.15) is 0 Å². The van der Waals surface area contributed by atoms with Crippen molar-refractivity contribution < 1.29 is 9.90 Å². The predicted molar refractivity (Wildman–Crippen MR) is 68.0 cm³/mol. The highest BCUT2D eigenvalue weighted by Crippen LogP contribution is 2.17. The third-order valence-electron chi connectivity index (χ3n) is 2.31. The van der Waals surface area contributed by atoms with E-state index in [0.717, 1.165) is 5.01 Å². The number of nitrogens with zero attached hydrogens (tertiary/aromatic N) is 3. The molecule has 0 aliphatic heterocycles. The highest BCUT2D eigenvalue weighted by molar-refractivity contribution is 7.09. The maximum atomic E-state index is 10.8. The Morgan fingerprint density at radius 3 is 3.00 bits per heavy atom. The average Bonchev–Trinajstić information content (AvgIpc) is 2.90. The molecule has 1 atom stereocenters. The molecule has 0 aromatic carbocycles. The van der Waals surface area contributed by atoms with Crippen molar-refractivity contribution in [2.75, 3.05) is 11.9 Å². The molecule has 2 N–H and O–H groups in total. The zero-order valence-electron chi connectivity index (χ0n) is 9.70. The Morgan fingerprint density at radius 1 is 1.50 bits per heavy atom. The number of hydrogen-bond donors (Lipinski definition) is 2. The van der Waals surface area contributed by atoms with Gasteiger partial charge >= 0.3 is 5.97 Å². The van der Waals surface area contributed by atoms with Gasteiger partial charge in [0.1, 0.15) is 0 Å². The van der Waals surface area contributed by atoms with Gasteiger partial charge in [-0.15, -0.1) is 11.3 Å². The molecule has 94 valence electrons. The Bertz CT molecular complexity index is 530. The molecule has 7 heteroatoms. The van der Waals surface area contributed by atoms with E-state index in [4.69, 9.17) is 5.11 Å². The molecular weight excluding hydrogens is 252 g/mol. The van der Waals surface area contributed by atoms with Gasteiger partial charge in [0.25, 0.3) is 0 Å². The number of aromatic carboxylic acids is 1. The lowest BCUT2D eigenvalue weighted by Crippen LogP contribution is -2.13. The van der Waals surface area contributed by atoms with E-state index in [1.165, 1.54) is 12.3 Å². The van der Waals surface area contributed by atoms with Crippen LogP contribution in [0.3, 0.4) is 0 Å². The van der Waals surface area contributed by atoms with Gasteiger partial charge in [0.2, 0.25) is 5.95 Å². The van der Waals surface area contributed by atoms with Gasteiger partial charge < -0.3 is 10.4 Å². The summed E-state index contributed by atoms with van der Waals surface area (Å²) < 4.78 is 0. The summed E-state index contributed by atoms with van der Waals surface area (Å²) in [6.07, 6.45) is 3.19. The van der Waals surface area contributed by atoms with Crippen LogP contribution < -0.4 is 5.32 Å². The lowest BCUT2D eigenvalue weighted by molar-refractivity contribution is 0.0690. The highest BCUT2D eigenvalue weighted by atomic mass is 32.1. The predicted octanol–water partition coefficient (Wildman–Crippen LogP) is 1.85. The molecule has 2 aromatic heterocycles. The molecule has 0 aliphatic rings. The van der Waals surface area contributed by atoms with Crippen LogP contribution in [0.4, 0.5) is 5.95 Å². The smallest absolute Gasteiger partial charge is 0.354 e. The highest BCUT2D eigenvalue weighted by Gasteiger charge is 2.10. The van der Waals surface area contributed by atoms with Gasteiger partial charge in [0.15, 0.2) is 5.69 Å². The molecule has 6 nitrogen and oxygen atoms in total. The largest absolute Gasteiger partial charge is 0.477 e. The molecular formula is C11H12N4O2S. The molecule has 1 unspecified atom stereocenters. The third-order valence-corrected chi connectivity index (χ3v) is 3.32. The van der Waals surface area contributed by atoms with Gasteiger partial charge in [-0.05, 0) is 6.07 Å². The number of anilines is 1. The molecule has 2 heterocycles. The SMILES string of the molecule is CC(CNc1nccc(C(=O)O)n1)c1nccs1. The third kappa shape index (κ3) is 3.01. The number of carboxylic acid groups (broad SMARTS) is 1. The van der Waals surface area contributed by atoms with Crippen LogP contribution in [0, 0.1) is 0 Å². The van der Waals surface area contributed by atoms with Crippen LogP contribution in [-0.2, 0) is 0 Å². The molecule has 2 rings (SSSR count). The van der Waals surface area contributed by atoms with Crippen LogP contribution in [0.15, 0.2) is 23.8 Å². The van der Waals surface area contributed by atoms with Crippen LogP contribution >= 0.6 is 11.3 Å². The normalized spacial score (nSPS) is 12.1. The lowest BCUT2D eigenvalue weighted by Gasteiger charge is -2.09. The van der Waals surface area contributed by atoms with Gasteiger partial charge in [0, 0.05) is 30.2 Å². The second kappa shape index (κ2) is 5.54. The molecule has 0 spiro atoms. The fourth-order valence-electron chi connectivity index (χ4n) is 1.37. The van der Waals surface area contributed by atoms with Gasteiger partial charge in [-0.1, -0.05) is 6.92 Å². The van der Waals surface area contributed by atoms with Gasteiger partial charge in [0.05, 0.1) is 5.01 Å². The van der Waals surface area contributed by atoms with Crippen molar-refractivity contribution in [1.82, 2.24) is 15.0 Å². The first kappa shape index (κ1) is 12.4. The van der Waals surface area contributed by atoms with Crippen molar-refractivity contribution in [2.45, 2.75) is 12.8 Å². The first-order valence-corrected chi connectivity index (χ1v) is 6.24. The molecule has 0 saturated heterocycles. The Hall–Kier alpha value is -2.02. The summed E-state index contributed by atoms with van der Waals surface area (Å²) >= 11 is 1.59. The van der Waals surface area contributed by atoms with Crippen molar-refractivity contribution in [3.8, 4) is 0 Å². The number of thiazole rings is 1. The minimum atomic E-state index is -1.06. The molecule has 0 amide bonds. The van der Waals surface area contributed by atoms with E-state index in [1.807, 2.05) is 12.3 Å². The zero-order valence-corrected chi connectivity index (χ0v) is 10.5. The van der Waals surface area contributed by atoms with Crippen LogP contribution in [-0.4, -0.2) is 32.6 Å². The van der Waals surface area contributed by atoms with Crippen molar-refractivity contribution in [1.29, 1.82) is 0 Å². The van der Waals surface area contributed by atoms with E-state index in [9.17, 15) is 4.79 Å². The maximum Gasteiger partial charge on any atom is 0.354 e. The summed E-state index contributed by atoms with van der Waals surface area (Å²) in [5.41, 5.74) is -0.0191. The summed E-state index contributed by atoms with van der Waals surface area (Å²) in [5.74, 6) is -0.520. The van der Waals surface area contributed by atoms with Crippen molar-refractivity contribution in [2.24, 2.45) is 0 Å². The van der Waals surface area contributed by atoms with E-state index in [1.54, 1.807) is 17.5 Å². The van der Waals surface area contributed by atoms with Crippen LogP contribution in [0.5, 0.6) is 0 Å². The van der Waals surface area contributed by atoms with E-state index in [0.29, 0.717) is 12.5 Å². The molecule has 0 fully saturated rings. The molecule has 0 saturated carbocycles. The number of hydrogen-bond acceptors (Lipinski definition) is 6. The van der Waals surface area contributed by atoms with Gasteiger partial charge in [-0.3, -0.25) is 0 Å². The quantitative estimate of drug-likeness (QED) is 0.856. The lowest BCUT2D eigenvalue weighted by atomic mass is 10.2. The number of carboxylic acids is 1. The van der Waals surface area contributed by atoms with Crippen LogP contribution in [0.2, 0.25) is 0 Å². The number of nitrogens with one attached hydrogen (secondary N) is 1. The molecule has 2 aromatic rings. The Morgan fingerprint density at radius 2 is 2.33 bits per heavy atom. The summed E-state index contributed by atoms with van der Waals surface area (Å²) in [6.45, 7) is 2.64. The monoisotopic (exact) mass is 264 g/mol. The van der Waals surface area contributed by atoms with E-state index in [-0.39, 0.29) is 11.6 Å². The molecule has 0 aliphatic carbocycles. The summed E-state index contributed by atoms with van der Waals surface area (Å²) in [7, 11) is 0. The topological polar surface area (TPSA) is 88.0 Å². The van der Waals surface area contributed by atoms with Crippen molar-refractivity contribution >= 4 is 23.3 Å². The Kier molecular flexibility index (Phi) is 3.83. The minimum absolute atomic E-state index is 0.0191. The second-order valence-electron chi connectivity index (χ2n) is 3.72.